The van der Waals surface area contributed by atoms with E-state index >= 15 is 0 Å². The molecule has 2 rings (SSSR count). The normalized spacial score (nSPS) is 28.2. The van der Waals surface area contributed by atoms with Crippen molar-refractivity contribution in [3.05, 3.63) is 0 Å². The first-order valence-corrected chi connectivity index (χ1v) is 9.00. The van der Waals surface area contributed by atoms with Crippen molar-refractivity contribution in [3.8, 4) is 0 Å². The van der Waals surface area contributed by atoms with Gasteiger partial charge in [0.15, 0.2) is 0 Å². The first kappa shape index (κ1) is 14.7. The Hall–Kier alpha value is 0.270. The van der Waals surface area contributed by atoms with E-state index < -0.39 is 0 Å². The maximum absolute atomic E-state index is 3.79. The second-order valence-electron chi connectivity index (χ2n) is 5.84. The summed E-state index contributed by atoms with van der Waals surface area (Å²) in [7, 11) is 0. The molecule has 1 saturated heterocycles. The summed E-state index contributed by atoms with van der Waals surface area (Å²) in [6.45, 7) is 7.39. The maximum atomic E-state index is 3.79. The average Bonchev–Trinajstić information content (AvgIpc) is 2.68. The first-order chi connectivity index (χ1) is 8.88. The molecule has 106 valence electrons. The zero-order valence-corrected chi connectivity index (χ0v) is 12.8. The number of rotatable bonds is 5. The fourth-order valence-electron chi connectivity index (χ4n) is 3.14. The van der Waals surface area contributed by atoms with E-state index in [0.29, 0.717) is 0 Å². The molecule has 0 spiro atoms. The summed E-state index contributed by atoms with van der Waals surface area (Å²) >= 11 is 2.17. The molecule has 1 saturated carbocycles. The Kier molecular flexibility index (Phi) is 6.88. The Morgan fingerprint density at radius 3 is 2.67 bits per heavy atom. The lowest BCUT2D eigenvalue weighted by atomic mass is 10.1. The van der Waals surface area contributed by atoms with Crippen molar-refractivity contribution in [1.29, 1.82) is 0 Å². The molecule has 1 heterocycles. The van der Waals surface area contributed by atoms with Gasteiger partial charge in [0.1, 0.15) is 0 Å². The quantitative estimate of drug-likeness (QED) is 0.773. The Morgan fingerprint density at radius 2 is 1.94 bits per heavy atom. The predicted molar refractivity (Wildman–Crippen MR) is 82.5 cm³/mol. The minimum atomic E-state index is 0.814. The lowest BCUT2D eigenvalue weighted by molar-refractivity contribution is 0.273. The molecule has 3 heteroatoms. The SMILES string of the molecule is CCC1CN(CCNC2CCCCCC2)CCS1. The van der Waals surface area contributed by atoms with Gasteiger partial charge in [0.25, 0.3) is 0 Å². The molecule has 1 atom stereocenters. The van der Waals surface area contributed by atoms with Crippen LogP contribution in [0.3, 0.4) is 0 Å². The molecule has 2 nitrogen and oxygen atoms in total. The lowest BCUT2D eigenvalue weighted by Crippen LogP contribution is -2.43. The standard InChI is InChI=1S/C15H30N2S/c1-2-15-13-17(11-12-18-15)10-9-16-14-7-5-3-4-6-8-14/h14-16H,2-13H2,1H3. The highest BCUT2D eigenvalue weighted by molar-refractivity contribution is 8.00. The summed E-state index contributed by atoms with van der Waals surface area (Å²) < 4.78 is 0. The molecule has 1 aliphatic carbocycles. The molecular weight excluding hydrogens is 240 g/mol. The number of nitrogens with one attached hydrogen (secondary N) is 1. The third-order valence-electron chi connectivity index (χ3n) is 4.39. The van der Waals surface area contributed by atoms with E-state index in [1.165, 1.54) is 76.9 Å². The van der Waals surface area contributed by atoms with Crippen LogP contribution in [-0.2, 0) is 0 Å². The van der Waals surface area contributed by atoms with Crippen molar-refractivity contribution >= 4 is 11.8 Å². The summed E-state index contributed by atoms with van der Waals surface area (Å²) in [5, 5.41) is 4.68. The maximum Gasteiger partial charge on any atom is 0.0172 e. The van der Waals surface area contributed by atoms with Crippen LogP contribution in [0, 0.1) is 0 Å². The van der Waals surface area contributed by atoms with Crippen molar-refractivity contribution in [3.63, 3.8) is 0 Å². The minimum absolute atomic E-state index is 0.814. The zero-order valence-electron chi connectivity index (χ0n) is 12.0. The van der Waals surface area contributed by atoms with E-state index in [-0.39, 0.29) is 0 Å². The van der Waals surface area contributed by atoms with Gasteiger partial charge in [0, 0.05) is 43.2 Å². The largest absolute Gasteiger partial charge is 0.313 e. The summed E-state index contributed by atoms with van der Waals surface area (Å²) in [4.78, 5) is 2.66. The molecule has 0 aromatic rings. The van der Waals surface area contributed by atoms with Gasteiger partial charge < -0.3 is 10.2 Å². The third kappa shape index (κ3) is 5.10. The highest BCUT2D eigenvalue weighted by Gasteiger charge is 2.18. The summed E-state index contributed by atoms with van der Waals surface area (Å²) in [6, 6.07) is 0.814. The van der Waals surface area contributed by atoms with E-state index in [1.54, 1.807) is 0 Å². The van der Waals surface area contributed by atoms with Crippen LogP contribution in [0.2, 0.25) is 0 Å². The van der Waals surface area contributed by atoms with Crippen LogP contribution in [-0.4, -0.2) is 48.1 Å². The van der Waals surface area contributed by atoms with Crippen molar-refractivity contribution in [2.75, 3.05) is 31.9 Å². The van der Waals surface area contributed by atoms with E-state index in [0.717, 1.165) is 11.3 Å². The minimum Gasteiger partial charge on any atom is -0.313 e. The molecule has 0 aromatic heterocycles. The first-order valence-electron chi connectivity index (χ1n) is 7.96. The van der Waals surface area contributed by atoms with Crippen molar-refractivity contribution in [2.24, 2.45) is 0 Å². The number of thioether (sulfide) groups is 1. The summed E-state index contributed by atoms with van der Waals surface area (Å²) in [5.41, 5.74) is 0. The summed E-state index contributed by atoms with van der Waals surface area (Å²) in [5.74, 6) is 1.34. The lowest BCUT2D eigenvalue weighted by Gasteiger charge is -2.32. The highest BCUT2D eigenvalue weighted by atomic mass is 32.2. The molecule has 1 unspecified atom stereocenters. The predicted octanol–water partition coefficient (Wildman–Crippen LogP) is 3.13. The molecular formula is C15H30N2S. The van der Waals surface area contributed by atoms with Gasteiger partial charge in [-0.3, -0.25) is 0 Å². The third-order valence-corrected chi connectivity index (χ3v) is 5.77. The smallest absolute Gasteiger partial charge is 0.0172 e. The fraction of sp³-hybridized carbons (Fsp3) is 1.00. The van der Waals surface area contributed by atoms with Gasteiger partial charge in [0.05, 0.1) is 0 Å². The molecule has 0 radical (unpaired) electrons. The van der Waals surface area contributed by atoms with E-state index in [9.17, 15) is 0 Å². The molecule has 0 aromatic carbocycles. The average molecular weight is 270 g/mol. The van der Waals surface area contributed by atoms with Gasteiger partial charge in [-0.2, -0.15) is 11.8 Å². The van der Waals surface area contributed by atoms with Crippen LogP contribution in [0.25, 0.3) is 0 Å². The fourth-order valence-corrected chi connectivity index (χ4v) is 4.39. The highest BCUT2D eigenvalue weighted by Crippen LogP contribution is 2.21. The van der Waals surface area contributed by atoms with Crippen molar-refractivity contribution in [1.82, 2.24) is 10.2 Å². The topological polar surface area (TPSA) is 15.3 Å². The van der Waals surface area contributed by atoms with Gasteiger partial charge >= 0.3 is 0 Å². The van der Waals surface area contributed by atoms with Gasteiger partial charge in [-0.1, -0.05) is 32.6 Å². The van der Waals surface area contributed by atoms with E-state index in [1.807, 2.05) is 0 Å². The Balaban J connectivity index is 1.59. The molecule has 2 aliphatic rings. The molecule has 2 fully saturated rings. The van der Waals surface area contributed by atoms with Crippen LogP contribution in [0.5, 0.6) is 0 Å². The Morgan fingerprint density at radius 1 is 1.17 bits per heavy atom. The number of hydrogen-bond donors (Lipinski definition) is 1. The van der Waals surface area contributed by atoms with E-state index in [2.05, 4.69) is 28.9 Å². The zero-order chi connectivity index (χ0) is 12.6. The second kappa shape index (κ2) is 8.44. The Bertz CT molecular complexity index is 215. The second-order valence-corrected chi connectivity index (χ2v) is 7.25. The molecule has 1 N–H and O–H groups in total. The van der Waals surface area contributed by atoms with Crippen LogP contribution in [0.4, 0.5) is 0 Å². The van der Waals surface area contributed by atoms with Crippen LogP contribution < -0.4 is 5.32 Å². The van der Waals surface area contributed by atoms with Crippen LogP contribution in [0.1, 0.15) is 51.9 Å². The molecule has 0 amide bonds. The molecule has 1 aliphatic heterocycles. The molecule has 0 bridgehead atoms. The van der Waals surface area contributed by atoms with Crippen molar-refractivity contribution < 1.29 is 0 Å². The number of nitrogens with zero attached hydrogens (tertiary/aromatic N) is 1. The van der Waals surface area contributed by atoms with E-state index in [4.69, 9.17) is 0 Å². The number of hydrogen-bond acceptors (Lipinski definition) is 3. The van der Waals surface area contributed by atoms with Crippen LogP contribution >= 0.6 is 11.8 Å². The van der Waals surface area contributed by atoms with Crippen LogP contribution in [0.15, 0.2) is 0 Å². The van der Waals surface area contributed by atoms with Gasteiger partial charge in [0.2, 0.25) is 0 Å². The monoisotopic (exact) mass is 270 g/mol. The van der Waals surface area contributed by atoms with Gasteiger partial charge in [-0.25, -0.2) is 0 Å². The van der Waals surface area contributed by atoms with Gasteiger partial charge in [-0.05, 0) is 19.3 Å². The van der Waals surface area contributed by atoms with Crippen molar-refractivity contribution in [2.45, 2.75) is 63.2 Å². The Labute approximate surface area is 117 Å². The molecule has 18 heavy (non-hydrogen) atoms. The van der Waals surface area contributed by atoms with Gasteiger partial charge in [-0.15, -0.1) is 0 Å². The summed E-state index contributed by atoms with van der Waals surface area (Å²) in [6.07, 6.45) is 9.95.